The first-order valence-electron chi connectivity index (χ1n) is 14.1. The summed E-state index contributed by atoms with van der Waals surface area (Å²) in [6.07, 6.45) is 7.19. The van der Waals surface area contributed by atoms with Gasteiger partial charge in [0.2, 0.25) is 5.91 Å². The van der Waals surface area contributed by atoms with Crippen LogP contribution in [0.25, 0.3) is 10.8 Å². The number of hydrogen-bond donors (Lipinski definition) is 5. The van der Waals surface area contributed by atoms with E-state index in [-0.39, 0.29) is 30.8 Å². The standard InChI is InChI=1S/C29H44N6O3/c30-14-1-2-15-31-16-3-4-17-32-18-5-6-19-33-22-26(36)34-20-9-21-35-28(37)24-12-7-10-23-11-8-13-25(27(23)24)29(35)38/h7-8,10-13,31-33H,1-6,9,14-22,30H2,(H,34,36). The van der Waals surface area contributed by atoms with Crippen molar-refractivity contribution in [2.75, 3.05) is 58.9 Å². The van der Waals surface area contributed by atoms with Crippen LogP contribution in [-0.2, 0) is 4.79 Å². The maximum absolute atomic E-state index is 12.9. The lowest BCUT2D eigenvalue weighted by Crippen LogP contribution is -2.42. The number of nitrogens with two attached hydrogens (primary N) is 1. The Labute approximate surface area is 226 Å². The number of unbranched alkanes of at least 4 members (excludes halogenated alkanes) is 3. The molecule has 2 aromatic carbocycles. The van der Waals surface area contributed by atoms with E-state index in [0.29, 0.717) is 24.1 Å². The van der Waals surface area contributed by atoms with Gasteiger partial charge in [-0.1, -0.05) is 24.3 Å². The second-order valence-electron chi connectivity index (χ2n) is 9.76. The fraction of sp³-hybridized carbons (Fsp3) is 0.552. The Morgan fingerprint density at radius 3 is 1.76 bits per heavy atom. The van der Waals surface area contributed by atoms with Crippen LogP contribution in [0.3, 0.4) is 0 Å². The van der Waals surface area contributed by atoms with E-state index in [1.165, 1.54) is 17.7 Å². The van der Waals surface area contributed by atoms with Gasteiger partial charge in [-0.3, -0.25) is 19.3 Å². The molecule has 0 unspecified atom stereocenters. The summed E-state index contributed by atoms with van der Waals surface area (Å²) in [6.45, 7) is 6.68. The van der Waals surface area contributed by atoms with Crippen LogP contribution < -0.4 is 27.0 Å². The largest absolute Gasteiger partial charge is 0.355 e. The van der Waals surface area contributed by atoms with Crippen LogP contribution >= 0.6 is 0 Å². The fourth-order valence-corrected chi connectivity index (χ4v) is 4.66. The number of nitrogens with one attached hydrogen (secondary N) is 4. The number of benzene rings is 2. The molecule has 3 amide bonds. The van der Waals surface area contributed by atoms with Gasteiger partial charge in [0.1, 0.15) is 0 Å². The summed E-state index contributed by atoms with van der Waals surface area (Å²) in [4.78, 5) is 39.2. The third-order valence-electron chi connectivity index (χ3n) is 6.74. The van der Waals surface area contributed by atoms with Gasteiger partial charge in [0.25, 0.3) is 11.8 Å². The van der Waals surface area contributed by atoms with Crippen molar-refractivity contribution in [2.24, 2.45) is 5.73 Å². The zero-order valence-electron chi connectivity index (χ0n) is 22.5. The van der Waals surface area contributed by atoms with E-state index in [2.05, 4.69) is 21.3 Å². The van der Waals surface area contributed by atoms with Gasteiger partial charge in [0.15, 0.2) is 0 Å². The number of carbonyl (C=O) groups is 3. The van der Waals surface area contributed by atoms with Gasteiger partial charge < -0.3 is 27.0 Å². The SMILES string of the molecule is NCCCCNCCCCNCCCCNCC(=O)NCCCN1C(=O)c2cccc3cccc(c23)C1=O. The van der Waals surface area contributed by atoms with Crippen LogP contribution in [-0.4, -0.2) is 81.5 Å². The monoisotopic (exact) mass is 524 g/mol. The number of rotatable bonds is 20. The first-order valence-corrected chi connectivity index (χ1v) is 14.1. The van der Waals surface area contributed by atoms with Crippen molar-refractivity contribution >= 4 is 28.5 Å². The van der Waals surface area contributed by atoms with Crippen LogP contribution in [0.4, 0.5) is 0 Å². The van der Waals surface area contributed by atoms with E-state index in [9.17, 15) is 14.4 Å². The van der Waals surface area contributed by atoms with Crippen molar-refractivity contribution in [2.45, 2.75) is 44.9 Å². The van der Waals surface area contributed by atoms with E-state index in [1.54, 1.807) is 12.1 Å². The molecule has 0 spiro atoms. The summed E-state index contributed by atoms with van der Waals surface area (Å²) in [5.74, 6) is -0.619. The molecule has 1 aliphatic heterocycles. The Balaban J connectivity index is 1.17. The van der Waals surface area contributed by atoms with Crippen LogP contribution in [0.15, 0.2) is 36.4 Å². The molecule has 6 N–H and O–H groups in total. The Kier molecular flexibility index (Phi) is 13.2. The second kappa shape index (κ2) is 16.9. The molecule has 0 bridgehead atoms. The minimum absolute atomic E-state index is 0.0776. The molecule has 0 saturated heterocycles. The van der Waals surface area contributed by atoms with E-state index >= 15 is 0 Å². The van der Waals surface area contributed by atoms with E-state index in [1.807, 2.05) is 24.3 Å². The topological polar surface area (TPSA) is 129 Å². The zero-order valence-corrected chi connectivity index (χ0v) is 22.5. The van der Waals surface area contributed by atoms with Crippen molar-refractivity contribution in [1.29, 1.82) is 0 Å². The minimum atomic E-state index is -0.271. The van der Waals surface area contributed by atoms with Crippen molar-refractivity contribution in [3.8, 4) is 0 Å². The summed E-state index contributed by atoms with van der Waals surface area (Å²) in [5.41, 5.74) is 6.60. The highest BCUT2D eigenvalue weighted by Crippen LogP contribution is 2.29. The summed E-state index contributed by atoms with van der Waals surface area (Å²) in [7, 11) is 0. The molecule has 0 atom stereocenters. The molecule has 0 saturated carbocycles. The summed E-state index contributed by atoms with van der Waals surface area (Å²) in [6, 6.07) is 11.0. The van der Waals surface area contributed by atoms with E-state index in [4.69, 9.17) is 5.73 Å². The lowest BCUT2D eigenvalue weighted by molar-refractivity contribution is -0.120. The van der Waals surface area contributed by atoms with Crippen LogP contribution in [0.5, 0.6) is 0 Å². The molecule has 2 aromatic rings. The third kappa shape index (κ3) is 9.16. The molecule has 38 heavy (non-hydrogen) atoms. The average molecular weight is 525 g/mol. The summed E-state index contributed by atoms with van der Waals surface area (Å²) < 4.78 is 0. The minimum Gasteiger partial charge on any atom is -0.355 e. The smallest absolute Gasteiger partial charge is 0.261 e. The van der Waals surface area contributed by atoms with Crippen molar-refractivity contribution < 1.29 is 14.4 Å². The molecule has 0 radical (unpaired) electrons. The van der Waals surface area contributed by atoms with Crippen LogP contribution in [0.2, 0.25) is 0 Å². The number of carbonyl (C=O) groups excluding carboxylic acids is 3. The van der Waals surface area contributed by atoms with Gasteiger partial charge in [0.05, 0.1) is 6.54 Å². The van der Waals surface area contributed by atoms with Gasteiger partial charge in [0, 0.05) is 29.6 Å². The first kappa shape index (κ1) is 29.7. The van der Waals surface area contributed by atoms with Crippen molar-refractivity contribution in [1.82, 2.24) is 26.2 Å². The predicted octanol–water partition coefficient (Wildman–Crippen LogP) is 2.01. The number of imide groups is 1. The number of amides is 3. The predicted molar refractivity (Wildman–Crippen MR) is 152 cm³/mol. The van der Waals surface area contributed by atoms with Crippen LogP contribution in [0.1, 0.15) is 65.7 Å². The highest BCUT2D eigenvalue weighted by Gasteiger charge is 2.32. The van der Waals surface area contributed by atoms with Gasteiger partial charge in [-0.15, -0.1) is 0 Å². The maximum atomic E-state index is 12.9. The Morgan fingerprint density at radius 2 is 1.21 bits per heavy atom. The zero-order chi connectivity index (χ0) is 27.0. The Bertz CT molecular complexity index is 993. The van der Waals surface area contributed by atoms with Gasteiger partial charge >= 0.3 is 0 Å². The number of hydrogen-bond acceptors (Lipinski definition) is 7. The Hall–Kier alpha value is -2.85. The van der Waals surface area contributed by atoms with Gasteiger partial charge in [-0.05, 0) is 102 Å². The quantitative estimate of drug-likeness (QED) is 0.132. The second-order valence-corrected chi connectivity index (χ2v) is 9.76. The summed E-state index contributed by atoms with van der Waals surface area (Å²) in [5, 5.41) is 14.6. The molecule has 1 aliphatic rings. The highest BCUT2D eigenvalue weighted by molar-refractivity contribution is 6.25. The van der Waals surface area contributed by atoms with Crippen LogP contribution in [0, 0.1) is 0 Å². The highest BCUT2D eigenvalue weighted by atomic mass is 16.2. The molecule has 9 heteroatoms. The lowest BCUT2D eigenvalue weighted by Gasteiger charge is -2.27. The Morgan fingerprint density at radius 1 is 0.684 bits per heavy atom. The average Bonchev–Trinajstić information content (AvgIpc) is 2.93. The molecule has 9 nitrogen and oxygen atoms in total. The van der Waals surface area contributed by atoms with Crippen molar-refractivity contribution in [3.63, 3.8) is 0 Å². The van der Waals surface area contributed by atoms with E-state index in [0.717, 1.165) is 75.7 Å². The normalized spacial score (nSPS) is 12.9. The first-order chi connectivity index (χ1) is 18.6. The molecular formula is C29H44N6O3. The maximum Gasteiger partial charge on any atom is 0.261 e. The third-order valence-corrected chi connectivity index (χ3v) is 6.74. The molecular weight excluding hydrogens is 480 g/mol. The molecule has 208 valence electrons. The molecule has 3 rings (SSSR count). The molecule has 0 aliphatic carbocycles. The molecule has 0 fully saturated rings. The van der Waals surface area contributed by atoms with Crippen molar-refractivity contribution in [3.05, 3.63) is 47.5 Å². The lowest BCUT2D eigenvalue weighted by atomic mass is 9.94. The van der Waals surface area contributed by atoms with Gasteiger partial charge in [-0.2, -0.15) is 0 Å². The molecule has 0 aromatic heterocycles. The fourth-order valence-electron chi connectivity index (χ4n) is 4.66. The molecule has 1 heterocycles. The van der Waals surface area contributed by atoms with E-state index < -0.39 is 0 Å². The number of nitrogens with zero attached hydrogens (tertiary/aromatic N) is 1. The van der Waals surface area contributed by atoms with Gasteiger partial charge in [-0.25, -0.2) is 0 Å². The summed E-state index contributed by atoms with van der Waals surface area (Å²) >= 11 is 0.